The molecular weight excluding hydrogens is 114 g/mol. The monoisotopic (exact) mass is 125 g/mol. The average Bonchev–Trinajstić information content (AvgIpc) is 1.83. The Kier molecular flexibility index (Phi) is 3.35. The molecule has 0 amide bonds. The first-order valence-corrected chi connectivity index (χ1v) is 2.58. The lowest BCUT2D eigenvalue weighted by Gasteiger charge is -1.86. The molecule has 0 unspecified atom stereocenters. The number of nitrogens with zero attached hydrogens (tertiary/aromatic N) is 2. The van der Waals surface area contributed by atoms with E-state index < -0.39 is 0 Å². The smallest absolute Gasteiger partial charge is 0.214 e. The van der Waals surface area contributed by atoms with Crippen molar-refractivity contribution in [2.45, 2.75) is 6.92 Å². The van der Waals surface area contributed by atoms with Crippen LogP contribution in [0.25, 0.3) is 0 Å². The van der Waals surface area contributed by atoms with Gasteiger partial charge in [0.1, 0.15) is 0 Å². The number of allylic oxidation sites excluding steroid dienone is 1. The summed E-state index contributed by atoms with van der Waals surface area (Å²) in [6.45, 7) is 5.44. The number of nitrogens with two attached hydrogens (primary N) is 1. The Morgan fingerprint density at radius 3 is 2.56 bits per heavy atom. The maximum absolute atomic E-state index is 5.23. The number of rotatable bonds is 1. The third kappa shape index (κ3) is 4.74. The third-order valence-corrected chi connectivity index (χ3v) is 0.646. The van der Waals surface area contributed by atoms with Gasteiger partial charge in [0.15, 0.2) is 0 Å². The predicted molar refractivity (Wildman–Crippen MR) is 40.9 cm³/mol. The molecule has 0 bridgehead atoms. The maximum Gasteiger partial charge on any atom is 0.214 e. The van der Waals surface area contributed by atoms with Gasteiger partial charge in [-0.25, -0.2) is 4.99 Å². The predicted octanol–water partition coefficient (Wildman–Crippen LogP) is 0.578. The second-order valence-electron chi connectivity index (χ2n) is 1.69. The first-order valence-electron chi connectivity index (χ1n) is 2.58. The Bertz CT molecular complexity index is 156. The third-order valence-electron chi connectivity index (χ3n) is 0.646. The summed E-state index contributed by atoms with van der Waals surface area (Å²) in [5.41, 5.74) is 6.09. The zero-order valence-electron chi connectivity index (χ0n) is 5.76. The summed E-state index contributed by atoms with van der Waals surface area (Å²) in [6, 6.07) is 0. The van der Waals surface area contributed by atoms with Crippen molar-refractivity contribution in [3.8, 4) is 0 Å². The molecule has 50 valence electrons. The van der Waals surface area contributed by atoms with Gasteiger partial charge in [-0.3, -0.25) is 4.99 Å². The number of hydrogen-bond donors (Lipinski definition) is 1. The Morgan fingerprint density at radius 2 is 2.22 bits per heavy atom. The summed E-state index contributed by atoms with van der Waals surface area (Å²) in [5, 5.41) is 0. The topological polar surface area (TPSA) is 50.7 Å². The van der Waals surface area contributed by atoms with Crippen LogP contribution in [0.2, 0.25) is 0 Å². The molecule has 0 aromatic carbocycles. The van der Waals surface area contributed by atoms with Crippen molar-refractivity contribution in [1.29, 1.82) is 0 Å². The quantitative estimate of drug-likeness (QED) is 0.404. The van der Waals surface area contributed by atoms with E-state index in [-0.39, 0.29) is 5.96 Å². The van der Waals surface area contributed by atoms with Gasteiger partial charge in [-0.15, -0.1) is 0 Å². The molecule has 0 saturated carbocycles. The fourth-order valence-electron chi connectivity index (χ4n) is 0.234. The van der Waals surface area contributed by atoms with Crippen LogP contribution in [0.3, 0.4) is 0 Å². The minimum atomic E-state index is 0.276. The van der Waals surface area contributed by atoms with Crippen LogP contribution in [0.5, 0.6) is 0 Å². The molecule has 0 heterocycles. The second-order valence-corrected chi connectivity index (χ2v) is 1.69. The minimum absolute atomic E-state index is 0.276. The van der Waals surface area contributed by atoms with E-state index in [0.29, 0.717) is 0 Å². The van der Waals surface area contributed by atoms with Crippen molar-refractivity contribution in [2.24, 2.45) is 15.7 Å². The molecule has 9 heavy (non-hydrogen) atoms. The van der Waals surface area contributed by atoms with Crippen molar-refractivity contribution in [3.63, 3.8) is 0 Å². The lowest BCUT2D eigenvalue weighted by Crippen LogP contribution is -2.07. The van der Waals surface area contributed by atoms with Gasteiger partial charge in [-0.05, 0) is 12.5 Å². The summed E-state index contributed by atoms with van der Waals surface area (Å²) in [7, 11) is 1.59. The summed E-state index contributed by atoms with van der Waals surface area (Å²) in [6.07, 6.45) is 1.57. The molecule has 0 aliphatic heterocycles. The van der Waals surface area contributed by atoms with Crippen LogP contribution in [0, 0.1) is 0 Å². The number of guanidine groups is 1. The summed E-state index contributed by atoms with van der Waals surface area (Å²) in [4.78, 5) is 7.36. The van der Waals surface area contributed by atoms with Gasteiger partial charge >= 0.3 is 0 Å². The van der Waals surface area contributed by atoms with Crippen molar-refractivity contribution in [2.75, 3.05) is 7.05 Å². The molecule has 0 aromatic heterocycles. The molecule has 0 rings (SSSR count). The lowest BCUT2D eigenvalue weighted by molar-refractivity contribution is 1.36. The Labute approximate surface area is 55.0 Å². The van der Waals surface area contributed by atoms with Crippen molar-refractivity contribution >= 4 is 12.2 Å². The first-order chi connectivity index (χ1) is 4.16. The van der Waals surface area contributed by atoms with Gasteiger partial charge in [-0.1, -0.05) is 6.58 Å². The fourth-order valence-corrected chi connectivity index (χ4v) is 0.234. The van der Waals surface area contributed by atoms with E-state index in [2.05, 4.69) is 16.6 Å². The highest BCUT2D eigenvalue weighted by atomic mass is 15.0. The zero-order chi connectivity index (χ0) is 7.28. The molecule has 0 fully saturated rings. The second kappa shape index (κ2) is 3.83. The number of hydrogen-bond acceptors (Lipinski definition) is 1. The first kappa shape index (κ1) is 7.88. The van der Waals surface area contributed by atoms with Crippen molar-refractivity contribution < 1.29 is 0 Å². The number of aliphatic imine (C=N–C) groups is 2. The van der Waals surface area contributed by atoms with Crippen LogP contribution in [0.15, 0.2) is 22.1 Å². The van der Waals surface area contributed by atoms with Crippen LogP contribution < -0.4 is 5.73 Å². The zero-order valence-corrected chi connectivity index (χ0v) is 5.76. The summed E-state index contributed by atoms with van der Waals surface area (Å²) < 4.78 is 0. The van der Waals surface area contributed by atoms with Gasteiger partial charge < -0.3 is 5.73 Å². The van der Waals surface area contributed by atoms with E-state index in [1.165, 1.54) is 0 Å². The molecule has 0 aliphatic rings. The molecule has 0 aromatic rings. The van der Waals surface area contributed by atoms with Crippen LogP contribution in [-0.2, 0) is 0 Å². The summed E-state index contributed by atoms with van der Waals surface area (Å²) in [5.74, 6) is 0.276. The lowest BCUT2D eigenvalue weighted by atomic mass is 10.4. The maximum atomic E-state index is 5.23. The minimum Gasteiger partial charge on any atom is -0.368 e. The van der Waals surface area contributed by atoms with E-state index >= 15 is 0 Å². The molecule has 0 saturated heterocycles. The molecule has 3 nitrogen and oxygen atoms in total. The van der Waals surface area contributed by atoms with E-state index in [9.17, 15) is 0 Å². The largest absolute Gasteiger partial charge is 0.368 e. The van der Waals surface area contributed by atoms with Gasteiger partial charge in [0.25, 0.3) is 0 Å². The average molecular weight is 125 g/mol. The SMILES string of the molecule is C=C(C)/C=N\C(N)=NC. The molecule has 0 atom stereocenters. The summed E-state index contributed by atoms with van der Waals surface area (Å²) >= 11 is 0. The van der Waals surface area contributed by atoms with Gasteiger partial charge in [-0.2, -0.15) is 0 Å². The van der Waals surface area contributed by atoms with E-state index in [1.807, 2.05) is 6.92 Å². The molecule has 2 N–H and O–H groups in total. The Balaban J connectivity index is 3.86. The van der Waals surface area contributed by atoms with Crippen LogP contribution in [-0.4, -0.2) is 19.2 Å². The standard InChI is InChI=1S/C6H11N3/c1-5(2)4-9-6(7)8-3/h4H,1H2,2-3H3,(H2,7,8)/b9-4-. The van der Waals surface area contributed by atoms with E-state index in [1.54, 1.807) is 13.3 Å². The molecule has 3 heteroatoms. The van der Waals surface area contributed by atoms with Crippen LogP contribution in [0.4, 0.5) is 0 Å². The van der Waals surface area contributed by atoms with Crippen LogP contribution >= 0.6 is 0 Å². The Hall–Kier alpha value is -1.12. The molecule has 0 radical (unpaired) electrons. The molecular formula is C6H11N3. The fraction of sp³-hybridized carbons (Fsp3) is 0.333. The Morgan fingerprint density at radius 1 is 1.67 bits per heavy atom. The van der Waals surface area contributed by atoms with Gasteiger partial charge in [0, 0.05) is 13.3 Å². The molecule has 0 aliphatic carbocycles. The van der Waals surface area contributed by atoms with Crippen molar-refractivity contribution in [3.05, 3.63) is 12.2 Å². The van der Waals surface area contributed by atoms with Crippen LogP contribution in [0.1, 0.15) is 6.92 Å². The van der Waals surface area contributed by atoms with Gasteiger partial charge in [0.05, 0.1) is 0 Å². The van der Waals surface area contributed by atoms with E-state index in [0.717, 1.165) is 5.57 Å². The van der Waals surface area contributed by atoms with Crippen molar-refractivity contribution in [1.82, 2.24) is 0 Å². The molecule has 0 spiro atoms. The van der Waals surface area contributed by atoms with Gasteiger partial charge in [0.2, 0.25) is 5.96 Å². The van der Waals surface area contributed by atoms with E-state index in [4.69, 9.17) is 5.73 Å². The highest BCUT2D eigenvalue weighted by molar-refractivity contribution is 5.91. The normalized spacial score (nSPS) is 12.4. The highest BCUT2D eigenvalue weighted by Gasteiger charge is 1.78. The highest BCUT2D eigenvalue weighted by Crippen LogP contribution is 1.78.